The highest BCUT2D eigenvalue weighted by Gasteiger charge is 2.17. The number of hydrogen-bond donors (Lipinski definition) is 2. The molecule has 0 radical (unpaired) electrons. The normalized spacial score (nSPS) is 12.4. The number of aromatic nitrogens is 2. The quantitative estimate of drug-likeness (QED) is 0.239. The first-order valence-corrected chi connectivity index (χ1v) is 10.6. The van der Waals surface area contributed by atoms with Crippen LogP contribution in [-0.2, 0) is 4.79 Å². The molecule has 0 aliphatic heterocycles. The van der Waals surface area contributed by atoms with E-state index < -0.39 is 17.7 Å². The Balaban J connectivity index is 1.95. The molecule has 0 saturated heterocycles. The number of benzene rings is 3. The number of fused-ring (bicyclic) bond motifs is 1. The minimum Gasteiger partial charge on any atom is -0.478 e. The van der Waals surface area contributed by atoms with Crippen molar-refractivity contribution in [1.82, 2.24) is 10.2 Å². The molecule has 33 heavy (non-hydrogen) atoms. The van der Waals surface area contributed by atoms with Crippen molar-refractivity contribution in [2.75, 3.05) is 0 Å². The van der Waals surface area contributed by atoms with E-state index in [1.807, 2.05) is 25.1 Å². The van der Waals surface area contributed by atoms with Gasteiger partial charge in [-0.1, -0.05) is 54.9 Å². The number of hydrogen-bond acceptors (Lipinski definition) is 2. The predicted molar refractivity (Wildman–Crippen MR) is 127 cm³/mol. The molecule has 4 nitrogen and oxygen atoms in total. The molecule has 1 aromatic heterocycles. The van der Waals surface area contributed by atoms with Crippen molar-refractivity contribution in [1.29, 1.82) is 0 Å². The number of halogens is 3. The fourth-order valence-electron chi connectivity index (χ4n) is 3.82. The molecule has 0 amide bonds. The predicted octanol–water partition coefficient (Wildman–Crippen LogP) is 6.96. The van der Waals surface area contributed by atoms with E-state index in [-0.39, 0.29) is 5.02 Å². The third-order valence-corrected chi connectivity index (χ3v) is 5.65. The zero-order valence-corrected chi connectivity index (χ0v) is 18.3. The molecule has 3 aromatic carbocycles. The Hall–Kier alpha value is -3.77. The van der Waals surface area contributed by atoms with Gasteiger partial charge in [0.2, 0.25) is 5.95 Å². The van der Waals surface area contributed by atoms with E-state index in [9.17, 15) is 13.6 Å². The maximum atomic E-state index is 14.2. The molecule has 0 atom stereocenters. The lowest BCUT2D eigenvalue weighted by Gasteiger charge is -2.18. The summed E-state index contributed by atoms with van der Waals surface area (Å²) in [7, 11) is 0. The molecule has 1 heterocycles. The molecule has 0 aliphatic rings. The average Bonchev–Trinajstić information content (AvgIpc) is 3.17. The van der Waals surface area contributed by atoms with Crippen LogP contribution in [0.5, 0.6) is 0 Å². The zero-order chi connectivity index (χ0) is 23.5. The number of carbonyl (C=O) groups is 1. The van der Waals surface area contributed by atoms with E-state index in [0.29, 0.717) is 22.9 Å². The van der Waals surface area contributed by atoms with Crippen LogP contribution < -0.4 is 0 Å². The van der Waals surface area contributed by atoms with Crippen molar-refractivity contribution in [3.05, 3.63) is 106 Å². The highest BCUT2D eigenvalue weighted by Crippen LogP contribution is 2.38. The summed E-state index contributed by atoms with van der Waals surface area (Å²) in [4.78, 5) is 10.8. The van der Waals surface area contributed by atoms with Gasteiger partial charge in [0.05, 0.1) is 15.9 Å². The number of allylic oxidation sites excluding steroid dienone is 1. The first-order chi connectivity index (χ1) is 15.9. The van der Waals surface area contributed by atoms with Crippen LogP contribution in [0.15, 0.2) is 66.7 Å². The van der Waals surface area contributed by atoms with Crippen molar-refractivity contribution in [3.63, 3.8) is 0 Å². The Kier molecular flexibility index (Phi) is 6.38. The van der Waals surface area contributed by atoms with Gasteiger partial charge in [-0.3, -0.25) is 5.10 Å². The summed E-state index contributed by atoms with van der Waals surface area (Å²) in [6.07, 6.45) is 3.14. The largest absolute Gasteiger partial charge is 0.478 e. The summed E-state index contributed by atoms with van der Waals surface area (Å²) < 4.78 is 28.0. The Labute approximate surface area is 193 Å². The van der Waals surface area contributed by atoms with Gasteiger partial charge in [-0.05, 0) is 70.2 Å². The van der Waals surface area contributed by atoms with E-state index in [1.54, 1.807) is 30.3 Å². The molecular formula is C26H19ClF2N2O2. The zero-order valence-electron chi connectivity index (χ0n) is 17.6. The first kappa shape index (κ1) is 22.4. The smallest absolute Gasteiger partial charge is 0.328 e. The number of carboxylic acids is 1. The lowest BCUT2D eigenvalue weighted by Crippen LogP contribution is -1.97. The van der Waals surface area contributed by atoms with Crippen LogP contribution in [0, 0.1) is 11.8 Å². The summed E-state index contributed by atoms with van der Waals surface area (Å²) in [5.41, 5.74) is 5.20. The Morgan fingerprint density at radius 3 is 2.45 bits per heavy atom. The van der Waals surface area contributed by atoms with Gasteiger partial charge in [0.15, 0.2) is 0 Å². The van der Waals surface area contributed by atoms with Crippen LogP contribution in [-0.4, -0.2) is 21.3 Å². The molecular weight excluding hydrogens is 446 g/mol. The van der Waals surface area contributed by atoms with E-state index >= 15 is 0 Å². The first-order valence-electron chi connectivity index (χ1n) is 10.2. The van der Waals surface area contributed by atoms with Crippen molar-refractivity contribution < 1.29 is 18.7 Å². The lowest BCUT2D eigenvalue weighted by atomic mass is 9.87. The number of carboxylic acid groups (broad SMARTS) is 1. The molecule has 0 spiro atoms. The van der Waals surface area contributed by atoms with E-state index in [4.69, 9.17) is 16.7 Å². The van der Waals surface area contributed by atoms with Crippen LogP contribution in [0.25, 0.3) is 28.1 Å². The molecule has 0 bridgehead atoms. The number of nitrogens with zero attached hydrogens (tertiary/aromatic N) is 1. The second-order valence-electron chi connectivity index (χ2n) is 7.40. The minimum atomic E-state index is -1.03. The van der Waals surface area contributed by atoms with Gasteiger partial charge >= 0.3 is 5.97 Å². The molecule has 0 unspecified atom stereocenters. The Morgan fingerprint density at radius 2 is 1.79 bits per heavy atom. The van der Waals surface area contributed by atoms with Gasteiger partial charge < -0.3 is 5.11 Å². The highest BCUT2D eigenvalue weighted by molar-refractivity contribution is 6.32. The van der Waals surface area contributed by atoms with Crippen LogP contribution in [0.3, 0.4) is 0 Å². The maximum absolute atomic E-state index is 14.2. The molecule has 7 heteroatoms. The van der Waals surface area contributed by atoms with Crippen molar-refractivity contribution in [2.45, 2.75) is 13.3 Å². The molecule has 0 fully saturated rings. The molecule has 2 N–H and O–H groups in total. The van der Waals surface area contributed by atoms with Gasteiger partial charge in [0.25, 0.3) is 0 Å². The minimum absolute atomic E-state index is 0.279. The standard InChI is InChI=1S/C26H19ClF2N2O2/c1-2-19(20-10-9-18(28)14-22(20)27)25(16-6-3-15(4-7-16)5-12-24(32)33)17-8-11-23-21(13-17)26(29)31-30-23/h3-14H,2H2,1H3,(H,30,31)(H,32,33). The third-order valence-electron chi connectivity index (χ3n) is 5.33. The summed E-state index contributed by atoms with van der Waals surface area (Å²) in [6.45, 7) is 1.97. The third kappa shape index (κ3) is 4.71. The Morgan fingerprint density at radius 1 is 1.06 bits per heavy atom. The second kappa shape index (κ2) is 9.38. The highest BCUT2D eigenvalue weighted by atomic mass is 35.5. The summed E-state index contributed by atoms with van der Waals surface area (Å²) in [5.74, 6) is -2.07. The monoisotopic (exact) mass is 464 g/mol. The molecule has 4 rings (SSSR count). The van der Waals surface area contributed by atoms with E-state index in [1.165, 1.54) is 18.2 Å². The SMILES string of the molecule is CCC(=C(c1ccc(C=CC(=O)O)cc1)c1ccc2[nH]nc(F)c2c1)c1ccc(F)cc1Cl. The number of aliphatic carboxylic acids is 1. The lowest BCUT2D eigenvalue weighted by molar-refractivity contribution is -0.131. The van der Waals surface area contributed by atoms with Crippen molar-refractivity contribution >= 4 is 45.7 Å². The van der Waals surface area contributed by atoms with Gasteiger partial charge in [-0.15, -0.1) is 5.10 Å². The van der Waals surface area contributed by atoms with E-state index in [2.05, 4.69) is 10.2 Å². The molecule has 0 saturated carbocycles. The topological polar surface area (TPSA) is 66.0 Å². The van der Waals surface area contributed by atoms with Gasteiger partial charge in [-0.25, -0.2) is 9.18 Å². The number of aromatic amines is 1. The van der Waals surface area contributed by atoms with Crippen LogP contribution in [0.4, 0.5) is 8.78 Å². The summed E-state index contributed by atoms with van der Waals surface area (Å²) in [5, 5.41) is 15.8. The fourth-order valence-corrected chi connectivity index (χ4v) is 4.10. The van der Waals surface area contributed by atoms with Crippen molar-refractivity contribution in [3.8, 4) is 0 Å². The number of nitrogens with one attached hydrogen (secondary N) is 1. The molecule has 0 aliphatic carbocycles. The van der Waals surface area contributed by atoms with Gasteiger partial charge in [0.1, 0.15) is 5.82 Å². The van der Waals surface area contributed by atoms with E-state index in [0.717, 1.165) is 33.9 Å². The fraction of sp³-hybridized carbons (Fsp3) is 0.0769. The van der Waals surface area contributed by atoms with Crippen LogP contribution >= 0.6 is 11.6 Å². The van der Waals surface area contributed by atoms with Gasteiger partial charge in [0, 0.05) is 6.08 Å². The summed E-state index contributed by atoms with van der Waals surface area (Å²) >= 11 is 6.41. The van der Waals surface area contributed by atoms with Crippen molar-refractivity contribution in [2.24, 2.45) is 0 Å². The second-order valence-corrected chi connectivity index (χ2v) is 7.81. The van der Waals surface area contributed by atoms with Gasteiger partial charge in [-0.2, -0.15) is 4.39 Å². The molecule has 4 aromatic rings. The maximum Gasteiger partial charge on any atom is 0.328 e. The van der Waals surface area contributed by atoms with Crippen LogP contribution in [0.1, 0.15) is 35.6 Å². The number of H-pyrrole nitrogens is 1. The Bertz CT molecular complexity index is 1410. The average molecular weight is 465 g/mol. The van der Waals surface area contributed by atoms with Crippen LogP contribution in [0.2, 0.25) is 5.02 Å². The molecule has 166 valence electrons. The number of rotatable bonds is 6. The summed E-state index contributed by atoms with van der Waals surface area (Å²) in [6, 6.07) is 16.9.